The highest BCUT2D eigenvalue weighted by Crippen LogP contribution is 2.42. The highest BCUT2D eigenvalue weighted by atomic mass is 16.5. The Bertz CT molecular complexity index is 986. The van der Waals surface area contributed by atoms with Crippen LogP contribution in [0.25, 0.3) is 0 Å². The van der Waals surface area contributed by atoms with Crippen molar-refractivity contribution >= 4 is 23.3 Å². The van der Waals surface area contributed by atoms with Crippen LogP contribution in [0.15, 0.2) is 18.2 Å². The fraction of sp³-hybridized carbons (Fsp3) is 0.654. The minimum Gasteiger partial charge on any atom is -0.388 e. The number of ether oxygens (including phenoxy) is 1. The number of likely N-dealkylation sites (tertiary alicyclic amines) is 1. The number of hydrogen-bond donors (Lipinski definition) is 2. The van der Waals surface area contributed by atoms with Gasteiger partial charge in [0.05, 0.1) is 12.5 Å². The predicted molar refractivity (Wildman–Crippen MR) is 130 cm³/mol. The molecule has 3 aliphatic heterocycles. The van der Waals surface area contributed by atoms with Crippen molar-refractivity contribution in [3.05, 3.63) is 29.3 Å². The third-order valence-corrected chi connectivity index (χ3v) is 8.40. The lowest BCUT2D eigenvalue weighted by molar-refractivity contribution is -0.139. The number of β-amino-alcohol motifs (C(OH)–C–C–N with tert-alkyl or cyclic N) is 1. The van der Waals surface area contributed by atoms with E-state index in [0.717, 1.165) is 64.1 Å². The molecule has 2 amide bonds. The van der Waals surface area contributed by atoms with Gasteiger partial charge in [-0.05, 0) is 49.1 Å². The van der Waals surface area contributed by atoms with Gasteiger partial charge < -0.3 is 30.3 Å². The topological polar surface area (TPSA) is 116 Å². The largest absolute Gasteiger partial charge is 0.388 e. The van der Waals surface area contributed by atoms with Crippen LogP contribution in [-0.4, -0.2) is 96.6 Å². The summed E-state index contributed by atoms with van der Waals surface area (Å²) >= 11 is 0. The van der Waals surface area contributed by atoms with Crippen molar-refractivity contribution in [1.29, 1.82) is 0 Å². The summed E-state index contributed by atoms with van der Waals surface area (Å²) in [6.45, 7) is 6.83. The molecule has 3 N–H and O–H groups in total. The van der Waals surface area contributed by atoms with Gasteiger partial charge in [-0.25, -0.2) is 0 Å². The van der Waals surface area contributed by atoms with E-state index in [1.807, 2.05) is 12.1 Å². The summed E-state index contributed by atoms with van der Waals surface area (Å²) in [7, 11) is 0. The van der Waals surface area contributed by atoms with E-state index in [1.54, 1.807) is 6.07 Å². The number of carbonyl (C=O) groups excluding carboxylic acids is 3. The molecule has 0 aromatic heterocycles. The maximum absolute atomic E-state index is 14.1. The van der Waals surface area contributed by atoms with Gasteiger partial charge in [0.15, 0.2) is 5.78 Å². The third kappa shape index (κ3) is 4.45. The molecular formula is C26H36N4O5. The Morgan fingerprint density at radius 1 is 1.17 bits per heavy atom. The Labute approximate surface area is 206 Å². The monoisotopic (exact) mass is 484 g/mol. The number of nitrogens with two attached hydrogens (primary N) is 1. The molecule has 0 spiro atoms. The van der Waals surface area contributed by atoms with Crippen LogP contribution < -0.4 is 10.6 Å². The molecule has 9 heteroatoms. The number of primary amides is 1. The van der Waals surface area contributed by atoms with Gasteiger partial charge >= 0.3 is 0 Å². The lowest BCUT2D eigenvalue weighted by Crippen LogP contribution is -2.46. The van der Waals surface area contributed by atoms with Crippen molar-refractivity contribution in [1.82, 2.24) is 9.80 Å². The van der Waals surface area contributed by atoms with E-state index in [0.29, 0.717) is 11.1 Å². The standard InChI is InChI=1S/C26H36N4O5/c1-2-28-9-11-29(12-10-28)17-7-8-18(25(27)33)19(13-17)22(16-5-3-4-6-16)26(34)30-14-20(31)24-23(30)21(32)15-35-24/h7-8,13,16,20,22-24,31H,2-6,9-12,14-15H2,1H3,(H2,27,33)/t20-,22+,23-,24-/m1/s1. The number of amides is 2. The summed E-state index contributed by atoms with van der Waals surface area (Å²) in [4.78, 5) is 45.4. The van der Waals surface area contributed by atoms with Crippen LogP contribution in [0, 0.1) is 5.92 Å². The average Bonchev–Trinajstić information content (AvgIpc) is 3.59. The van der Waals surface area contributed by atoms with Crippen molar-refractivity contribution in [2.75, 3.05) is 50.8 Å². The zero-order valence-electron chi connectivity index (χ0n) is 20.4. The van der Waals surface area contributed by atoms with Crippen LogP contribution in [-0.2, 0) is 14.3 Å². The number of hydrogen-bond acceptors (Lipinski definition) is 7. The molecule has 5 rings (SSSR count). The Morgan fingerprint density at radius 3 is 2.54 bits per heavy atom. The number of fused-ring (bicyclic) bond motifs is 1. The predicted octanol–water partition coefficient (Wildman–Crippen LogP) is 0.741. The molecule has 35 heavy (non-hydrogen) atoms. The minimum absolute atomic E-state index is 0.0569. The summed E-state index contributed by atoms with van der Waals surface area (Å²) in [6, 6.07) is 4.88. The maximum Gasteiger partial charge on any atom is 0.249 e. The van der Waals surface area contributed by atoms with E-state index in [2.05, 4.69) is 16.7 Å². The normalized spacial score (nSPS) is 28.5. The molecule has 9 nitrogen and oxygen atoms in total. The number of Topliss-reactive ketones (excluding diaryl/α,β-unsaturated/α-hetero) is 1. The number of anilines is 1. The van der Waals surface area contributed by atoms with Gasteiger partial charge in [-0.1, -0.05) is 19.8 Å². The number of piperazine rings is 1. The van der Waals surface area contributed by atoms with Gasteiger partial charge in [0, 0.05) is 37.4 Å². The first kappa shape index (κ1) is 24.2. The Hall–Kier alpha value is -2.49. The number of nitrogens with zero attached hydrogens (tertiary/aromatic N) is 3. The Morgan fingerprint density at radius 2 is 1.89 bits per heavy atom. The number of likely N-dealkylation sites (N-methyl/N-ethyl adjacent to an activating group) is 1. The molecule has 4 fully saturated rings. The lowest BCUT2D eigenvalue weighted by atomic mass is 9.80. The summed E-state index contributed by atoms with van der Waals surface area (Å²) in [5, 5.41) is 10.5. The maximum atomic E-state index is 14.1. The van der Waals surface area contributed by atoms with Gasteiger partial charge in [0.1, 0.15) is 24.9 Å². The van der Waals surface area contributed by atoms with Crippen LogP contribution in [0.4, 0.5) is 5.69 Å². The van der Waals surface area contributed by atoms with E-state index in [1.165, 1.54) is 4.90 Å². The number of carbonyl (C=O) groups is 3. The molecule has 0 unspecified atom stereocenters. The summed E-state index contributed by atoms with van der Waals surface area (Å²) in [5.74, 6) is -1.48. The Kier molecular flexibility index (Phi) is 6.83. The van der Waals surface area contributed by atoms with E-state index in [4.69, 9.17) is 10.5 Å². The van der Waals surface area contributed by atoms with E-state index in [-0.39, 0.29) is 30.8 Å². The van der Waals surface area contributed by atoms with Crippen LogP contribution in [0.5, 0.6) is 0 Å². The highest BCUT2D eigenvalue weighted by molar-refractivity contribution is 5.99. The van der Waals surface area contributed by atoms with Gasteiger partial charge in [0.2, 0.25) is 11.8 Å². The fourth-order valence-corrected chi connectivity index (χ4v) is 6.47. The van der Waals surface area contributed by atoms with E-state index < -0.39 is 30.1 Å². The third-order valence-electron chi connectivity index (χ3n) is 8.40. The molecule has 0 bridgehead atoms. The quantitative estimate of drug-likeness (QED) is 0.612. The van der Waals surface area contributed by atoms with Gasteiger partial charge in [-0.15, -0.1) is 0 Å². The number of ketones is 1. The first-order valence-corrected chi connectivity index (χ1v) is 12.9. The molecule has 1 aliphatic carbocycles. The molecule has 3 saturated heterocycles. The summed E-state index contributed by atoms with van der Waals surface area (Å²) < 4.78 is 5.49. The van der Waals surface area contributed by atoms with Crippen molar-refractivity contribution in [2.45, 2.75) is 56.8 Å². The first-order valence-electron chi connectivity index (χ1n) is 12.9. The number of aliphatic hydroxyl groups excluding tert-OH is 1. The number of aliphatic hydroxyl groups is 1. The summed E-state index contributed by atoms with van der Waals surface area (Å²) in [6.07, 6.45) is 2.24. The van der Waals surface area contributed by atoms with Crippen molar-refractivity contribution < 1.29 is 24.2 Å². The number of benzene rings is 1. The number of rotatable bonds is 6. The second-order valence-corrected chi connectivity index (χ2v) is 10.3. The molecule has 190 valence electrons. The zero-order chi connectivity index (χ0) is 24.7. The summed E-state index contributed by atoms with van der Waals surface area (Å²) in [5.41, 5.74) is 7.79. The lowest BCUT2D eigenvalue weighted by Gasteiger charge is -2.36. The molecule has 3 heterocycles. The first-order chi connectivity index (χ1) is 16.9. The zero-order valence-corrected chi connectivity index (χ0v) is 20.4. The Balaban J connectivity index is 1.52. The van der Waals surface area contributed by atoms with Gasteiger partial charge in [-0.2, -0.15) is 0 Å². The molecule has 4 atom stereocenters. The van der Waals surface area contributed by atoms with Crippen LogP contribution in [0.3, 0.4) is 0 Å². The highest BCUT2D eigenvalue weighted by Gasteiger charge is 2.53. The molecule has 1 aromatic carbocycles. The SMILES string of the molecule is CCN1CCN(c2ccc(C(N)=O)c([C@@H](C(=O)N3C[C@@H](O)[C@H]4OCC(=O)[C@H]43)C3CCCC3)c2)CC1. The van der Waals surface area contributed by atoms with E-state index >= 15 is 0 Å². The van der Waals surface area contributed by atoms with Crippen LogP contribution in [0.1, 0.15) is 54.4 Å². The van der Waals surface area contributed by atoms with Crippen molar-refractivity contribution in [2.24, 2.45) is 11.7 Å². The molecule has 0 radical (unpaired) electrons. The van der Waals surface area contributed by atoms with E-state index in [9.17, 15) is 19.5 Å². The van der Waals surface area contributed by atoms with Crippen molar-refractivity contribution in [3.63, 3.8) is 0 Å². The molecule has 4 aliphatic rings. The molecular weight excluding hydrogens is 448 g/mol. The van der Waals surface area contributed by atoms with Gasteiger partial charge in [-0.3, -0.25) is 14.4 Å². The van der Waals surface area contributed by atoms with Crippen LogP contribution >= 0.6 is 0 Å². The van der Waals surface area contributed by atoms with Crippen LogP contribution in [0.2, 0.25) is 0 Å². The second-order valence-electron chi connectivity index (χ2n) is 10.3. The smallest absolute Gasteiger partial charge is 0.249 e. The molecule has 1 saturated carbocycles. The minimum atomic E-state index is -0.892. The van der Waals surface area contributed by atoms with Crippen molar-refractivity contribution in [3.8, 4) is 0 Å². The second kappa shape index (κ2) is 9.87. The average molecular weight is 485 g/mol. The van der Waals surface area contributed by atoms with Gasteiger partial charge in [0.25, 0.3) is 0 Å². The molecule has 1 aromatic rings. The fourth-order valence-electron chi connectivity index (χ4n) is 6.47.